The van der Waals surface area contributed by atoms with E-state index in [0.717, 1.165) is 32.2 Å². The van der Waals surface area contributed by atoms with Gasteiger partial charge < -0.3 is 14.2 Å². The van der Waals surface area contributed by atoms with Crippen LogP contribution in [0.2, 0.25) is 0 Å². The van der Waals surface area contributed by atoms with Crippen LogP contribution in [0.25, 0.3) is 0 Å². The van der Waals surface area contributed by atoms with Crippen LogP contribution in [0.5, 0.6) is 0 Å². The van der Waals surface area contributed by atoms with E-state index in [0.29, 0.717) is 25.6 Å². The van der Waals surface area contributed by atoms with E-state index in [-0.39, 0.29) is 23.5 Å². The second-order valence-corrected chi connectivity index (χ2v) is 6.24. The Morgan fingerprint density at radius 3 is 2.68 bits per heavy atom. The number of ketones is 1. The minimum absolute atomic E-state index is 0.0528. The maximum Gasteiger partial charge on any atom is 0.225 e. The van der Waals surface area contributed by atoms with E-state index in [1.54, 1.807) is 17.0 Å². The lowest BCUT2D eigenvalue weighted by Crippen LogP contribution is -2.46. The first-order valence-electron chi connectivity index (χ1n) is 8.05. The summed E-state index contributed by atoms with van der Waals surface area (Å²) in [6.45, 7) is 2.63. The molecule has 0 aliphatic carbocycles. The molecular weight excluding hydrogens is 282 g/mol. The van der Waals surface area contributed by atoms with Crippen molar-refractivity contribution >= 4 is 11.7 Å². The number of rotatable bonds is 3. The molecule has 1 aromatic rings. The quantitative estimate of drug-likeness (QED) is 0.789. The monoisotopic (exact) mass is 305 g/mol. The van der Waals surface area contributed by atoms with E-state index in [9.17, 15) is 9.59 Å². The third-order valence-electron chi connectivity index (χ3n) is 4.72. The molecule has 1 unspecified atom stereocenters. The molecule has 6 heteroatoms. The van der Waals surface area contributed by atoms with Crippen molar-refractivity contribution in [1.82, 2.24) is 14.5 Å². The molecule has 0 N–H and O–H groups in total. The van der Waals surface area contributed by atoms with Gasteiger partial charge in [0.25, 0.3) is 0 Å². The Kier molecular flexibility index (Phi) is 4.57. The number of aryl methyl sites for hydroxylation is 1. The summed E-state index contributed by atoms with van der Waals surface area (Å²) < 4.78 is 7.07. The van der Waals surface area contributed by atoms with Crippen molar-refractivity contribution in [2.24, 2.45) is 18.9 Å². The van der Waals surface area contributed by atoms with Crippen LogP contribution in [-0.2, 0) is 16.6 Å². The summed E-state index contributed by atoms with van der Waals surface area (Å²) in [5.74, 6) is 0.678. The Bertz CT molecular complexity index is 549. The number of hydrogen-bond acceptors (Lipinski definition) is 4. The molecule has 0 spiro atoms. The molecular formula is C16H23N3O3. The number of Topliss-reactive ketones (excluding diaryl/α,β-unsaturated/α-hetero) is 1. The summed E-state index contributed by atoms with van der Waals surface area (Å²) in [5.41, 5.74) is 0. The fourth-order valence-corrected chi connectivity index (χ4v) is 3.38. The molecule has 1 atom stereocenters. The molecule has 1 amide bonds. The standard InChI is InChI=1S/C16H23N3O3/c1-18-8-6-17-15(18)14(20)13-3-2-7-19(11-13)16(21)12-4-9-22-10-5-12/h6,8,12-13H,2-5,7,9-11H2,1H3. The highest BCUT2D eigenvalue weighted by Gasteiger charge is 2.33. The highest BCUT2D eigenvalue weighted by molar-refractivity contribution is 5.95. The van der Waals surface area contributed by atoms with Crippen molar-refractivity contribution in [2.75, 3.05) is 26.3 Å². The third kappa shape index (κ3) is 3.06. The number of carbonyl (C=O) groups is 2. The molecule has 0 aromatic carbocycles. The minimum atomic E-state index is -0.126. The van der Waals surface area contributed by atoms with Gasteiger partial charge in [-0.15, -0.1) is 0 Å². The van der Waals surface area contributed by atoms with E-state index >= 15 is 0 Å². The Balaban J connectivity index is 1.65. The van der Waals surface area contributed by atoms with Gasteiger partial charge in [0.05, 0.1) is 0 Å². The van der Waals surface area contributed by atoms with Gasteiger partial charge in [-0.05, 0) is 25.7 Å². The van der Waals surface area contributed by atoms with Crippen LogP contribution < -0.4 is 0 Å². The first kappa shape index (κ1) is 15.2. The summed E-state index contributed by atoms with van der Waals surface area (Å²) in [7, 11) is 1.83. The van der Waals surface area contributed by atoms with Crippen molar-refractivity contribution in [3.05, 3.63) is 18.2 Å². The van der Waals surface area contributed by atoms with Gasteiger partial charge in [0.1, 0.15) is 0 Å². The first-order valence-corrected chi connectivity index (χ1v) is 8.05. The van der Waals surface area contributed by atoms with Crippen LogP contribution in [0.1, 0.15) is 36.3 Å². The summed E-state index contributed by atoms with van der Waals surface area (Å²) in [6, 6.07) is 0. The number of ether oxygens (including phenoxy) is 1. The number of aromatic nitrogens is 2. The second-order valence-electron chi connectivity index (χ2n) is 6.24. The number of piperidine rings is 1. The van der Waals surface area contributed by atoms with Crippen molar-refractivity contribution < 1.29 is 14.3 Å². The molecule has 2 aliphatic heterocycles. The molecule has 3 rings (SSSR count). The zero-order valence-corrected chi connectivity index (χ0v) is 13.0. The topological polar surface area (TPSA) is 64.4 Å². The summed E-state index contributed by atoms with van der Waals surface area (Å²) >= 11 is 0. The number of amides is 1. The van der Waals surface area contributed by atoms with Gasteiger partial charge in [-0.25, -0.2) is 4.98 Å². The second kappa shape index (κ2) is 6.60. The summed E-state index contributed by atoms with van der Waals surface area (Å²) in [4.78, 5) is 31.2. The Labute approximate surface area is 130 Å². The van der Waals surface area contributed by atoms with Gasteiger partial charge in [-0.1, -0.05) is 0 Å². The summed E-state index contributed by atoms with van der Waals surface area (Å²) in [6.07, 6.45) is 6.74. The molecule has 2 saturated heterocycles. The van der Waals surface area contributed by atoms with Gasteiger partial charge in [0.15, 0.2) is 5.82 Å². The highest BCUT2D eigenvalue weighted by atomic mass is 16.5. The zero-order valence-electron chi connectivity index (χ0n) is 13.0. The summed E-state index contributed by atoms with van der Waals surface area (Å²) in [5, 5.41) is 0. The van der Waals surface area contributed by atoms with Crippen molar-refractivity contribution in [2.45, 2.75) is 25.7 Å². The molecule has 2 fully saturated rings. The number of hydrogen-bond donors (Lipinski definition) is 0. The molecule has 3 heterocycles. The van der Waals surface area contributed by atoms with Crippen molar-refractivity contribution in [3.63, 3.8) is 0 Å². The molecule has 120 valence electrons. The van der Waals surface area contributed by atoms with Gasteiger partial charge >= 0.3 is 0 Å². The van der Waals surface area contributed by atoms with Crippen LogP contribution >= 0.6 is 0 Å². The van der Waals surface area contributed by atoms with Crippen LogP contribution in [0.15, 0.2) is 12.4 Å². The highest BCUT2D eigenvalue weighted by Crippen LogP contribution is 2.24. The molecule has 2 aliphatic rings. The molecule has 0 saturated carbocycles. The van der Waals surface area contributed by atoms with E-state index in [1.807, 2.05) is 11.9 Å². The molecule has 0 bridgehead atoms. The van der Waals surface area contributed by atoms with E-state index in [2.05, 4.69) is 4.98 Å². The maximum absolute atomic E-state index is 12.6. The lowest BCUT2D eigenvalue weighted by Gasteiger charge is -2.35. The number of nitrogens with zero attached hydrogens (tertiary/aromatic N) is 3. The smallest absolute Gasteiger partial charge is 0.225 e. The lowest BCUT2D eigenvalue weighted by atomic mass is 9.91. The third-order valence-corrected chi connectivity index (χ3v) is 4.72. The molecule has 0 radical (unpaired) electrons. The van der Waals surface area contributed by atoms with Crippen molar-refractivity contribution in [1.29, 1.82) is 0 Å². The largest absolute Gasteiger partial charge is 0.381 e. The predicted molar refractivity (Wildman–Crippen MR) is 80.4 cm³/mol. The fourth-order valence-electron chi connectivity index (χ4n) is 3.38. The van der Waals surface area contributed by atoms with Crippen LogP contribution in [-0.4, -0.2) is 52.4 Å². The average Bonchev–Trinajstić information content (AvgIpc) is 3.00. The lowest BCUT2D eigenvalue weighted by molar-refractivity contribution is -0.140. The Hall–Kier alpha value is -1.69. The molecule has 22 heavy (non-hydrogen) atoms. The SMILES string of the molecule is Cn1ccnc1C(=O)C1CCCN(C(=O)C2CCOCC2)C1. The number of carbonyl (C=O) groups excluding carboxylic acids is 2. The Morgan fingerprint density at radius 2 is 2.00 bits per heavy atom. The van der Waals surface area contributed by atoms with E-state index in [4.69, 9.17) is 4.74 Å². The van der Waals surface area contributed by atoms with Gasteiger partial charge in [-0.2, -0.15) is 0 Å². The van der Waals surface area contributed by atoms with E-state index < -0.39 is 0 Å². The van der Waals surface area contributed by atoms with Crippen LogP contribution in [0.3, 0.4) is 0 Å². The average molecular weight is 305 g/mol. The molecule has 6 nitrogen and oxygen atoms in total. The predicted octanol–water partition coefficient (Wildman–Crippen LogP) is 1.27. The van der Waals surface area contributed by atoms with Crippen LogP contribution in [0.4, 0.5) is 0 Å². The van der Waals surface area contributed by atoms with Gasteiger partial charge in [0, 0.05) is 57.6 Å². The molecule has 1 aromatic heterocycles. The zero-order chi connectivity index (χ0) is 15.5. The minimum Gasteiger partial charge on any atom is -0.381 e. The van der Waals surface area contributed by atoms with Gasteiger partial charge in [-0.3, -0.25) is 9.59 Å². The normalized spacial score (nSPS) is 23.5. The van der Waals surface area contributed by atoms with Crippen molar-refractivity contribution in [3.8, 4) is 0 Å². The van der Waals surface area contributed by atoms with Crippen LogP contribution in [0, 0.1) is 11.8 Å². The number of likely N-dealkylation sites (tertiary alicyclic amines) is 1. The Morgan fingerprint density at radius 1 is 1.23 bits per heavy atom. The van der Waals surface area contributed by atoms with E-state index in [1.165, 1.54) is 0 Å². The first-order chi connectivity index (χ1) is 10.7. The van der Waals surface area contributed by atoms with Gasteiger partial charge in [0.2, 0.25) is 11.7 Å². The maximum atomic E-state index is 12.6. The fraction of sp³-hybridized carbons (Fsp3) is 0.688. The number of imidazole rings is 1.